The van der Waals surface area contributed by atoms with Gasteiger partial charge in [0.15, 0.2) is 6.10 Å². The van der Waals surface area contributed by atoms with Crippen molar-refractivity contribution >= 4 is 19.8 Å². The third-order valence-corrected chi connectivity index (χ3v) is 13.3. The van der Waals surface area contributed by atoms with E-state index in [9.17, 15) is 44.6 Å². The standard InChI is InChI=1S/C51H95O13P/c1-3-5-7-9-11-13-15-17-18-19-20-21-22-23-24-25-26-28-29-31-33-35-37-39-44(52)61-41-43(42-62-65(59,60)64-51-49(57)47(55)46(54)48(56)50(51)58)63-45(53)40-38-36-34-32-30-27-16-14-12-10-8-6-4-2/h8,10,14,16,43,46-51,54-58H,3-7,9,11-13,15,17-42H2,1-2H3,(H,59,60)/b10-8-,16-14-. The number of unbranched alkanes of at least 4 members (excludes halogenated alkanes) is 28. The smallest absolute Gasteiger partial charge is 0.462 e. The third kappa shape index (κ3) is 33.5. The molecule has 0 spiro atoms. The Hall–Kier alpha value is -1.67. The van der Waals surface area contributed by atoms with Gasteiger partial charge in [-0.25, -0.2) is 4.57 Å². The maximum absolute atomic E-state index is 12.8. The maximum Gasteiger partial charge on any atom is 0.472 e. The van der Waals surface area contributed by atoms with Crippen molar-refractivity contribution in [3.63, 3.8) is 0 Å². The minimum absolute atomic E-state index is 0.0831. The van der Waals surface area contributed by atoms with Crippen LogP contribution in [0.2, 0.25) is 0 Å². The minimum atomic E-state index is -5.12. The van der Waals surface area contributed by atoms with Crippen LogP contribution in [0.4, 0.5) is 0 Å². The Labute approximate surface area is 394 Å². The number of carbonyl (C=O) groups is 2. The summed E-state index contributed by atoms with van der Waals surface area (Å²) in [5, 5.41) is 50.2. The summed E-state index contributed by atoms with van der Waals surface area (Å²) in [6, 6.07) is 0. The van der Waals surface area contributed by atoms with Crippen LogP contribution in [0.3, 0.4) is 0 Å². The molecular weight excluding hydrogens is 852 g/mol. The highest BCUT2D eigenvalue weighted by Gasteiger charge is 2.51. The molecule has 6 unspecified atom stereocenters. The first-order valence-corrected chi connectivity index (χ1v) is 27.6. The number of allylic oxidation sites excluding steroid dienone is 4. The summed E-state index contributed by atoms with van der Waals surface area (Å²) >= 11 is 0. The first-order chi connectivity index (χ1) is 31.4. The molecule has 1 aliphatic rings. The lowest BCUT2D eigenvalue weighted by Crippen LogP contribution is -2.64. The van der Waals surface area contributed by atoms with Gasteiger partial charge in [0.05, 0.1) is 6.61 Å². The van der Waals surface area contributed by atoms with Crippen molar-refractivity contribution < 1.29 is 63.1 Å². The molecule has 0 amide bonds. The van der Waals surface area contributed by atoms with E-state index in [1.165, 1.54) is 122 Å². The van der Waals surface area contributed by atoms with Crippen molar-refractivity contribution in [1.82, 2.24) is 0 Å². The Morgan fingerprint density at radius 2 is 0.862 bits per heavy atom. The molecule has 0 saturated heterocycles. The van der Waals surface area contributed by atoms with E-state index >= 15 is 0 Å². The Morgan fingerprint density at radius 3 is 1.31 bits per heavy atom. The molecular formula is C51H95O13P. The number of phosphoric acid groups is 1. The summed E-state index contributed by atoms with van der Waals surface area (Å²) < 4.78 is 33.6. The van der Waals surface area contributed by atoms with Crippen LogP contribution in [0.25, 0.3) is 0 Å². The first-order valence-electron chi connectivity index (χ1n) is 26.1. The van der Waals surface area contributed by atoms with Gasteiger partial charge in [-0.2, -0.15) is 0 Å². The van der Waals surface area contributed by atoms with Crippen LogP contribution in [0, 0.1) is 0 Å². The molecule has 0 aromatic rings. The fourth-order valence-corrected chi connectivity index (χ4v) is 9.06. The summed E-state index contributed by atoms with van der Waals surface area (Å²) in [5.41, 5.74) is 0. The molecule has 0 heterocycles. The molecule has 14 heteroatoms. The molecule has 0 aromatic heterocycles. The molecule has 0 radical (unpaired) electrons. The molecule has 13 nitrogen and oxygen atoms in total. The summed E-state index contributed by atoms with van der Waals surface area (Å²) in [4.78, 5) is 35.8. The third-order valence-electron chi connectivity index (χ3n) is 12.3. The molecule has 6 N–H and O–H groups in total. The van der Waals surface area contributed by atoms with Crippen LogP contribution >= 0.6 is 7.82 Å². The van der Waals surface area contributed by atoms with E-state index in [1.54, 1.807) is 0 Å². The van der Waals surface area contributed by atoms with Crippen molar-refractivity contribution in [3.8, 4) is 0 Å². The van der Waals surface area contributed by atoms with Crippen LogP contribution in [0.15, 0.2) is 24.3 Å². The molecule has 1 rings (SSSR count). The molecule has 1 aliphatic carbocycles. The van der Waals surface area contributed by atoms with E-state index < -0.39 is 75.7 Å². The van der Waals surface area contributed by atoms with Gasteiger partial charge < -0.3 is 39.9 Å². The summed E-state index contributed by atoms with van der Waals surface area (Å²) in [5.74, 6) is -1.11. The SMILES string of the molecule is CCC/C=C\C/C=C\CCCCCCCC(=O)OC(COC(=O)CCCCCCCCCCCCCCCCCCCCCCCCC)COP(=O)(O)OC1C(O)C(O)C(O)C(O)C1O. The fourth-order valence-electron chi connectivity index (χ4n) is 8.09. The van der Waals surface area contributed by atoms with Gasteiger partial charge in [0, 0.05) is 12.8 Å². The number of carbonyl (C=O) groups excluding carboxylic acids is 2. The zero-order valence-electron chi connectivity index (χ0n) is 40.8. The second-order valence-electron chi connectivity index (χ2n) is 18.4. The van der Waals surface area contributed by atoms with Crippen molar-refractivity contribution in [3.05, 3.63) is 24.3 Å². The lowest BCUT2D eigenvalue weighted by molar-refractivity contribution is -0.220. The maximum atomic E-state index is 12.8. The molecule has 0 bridgehead atoms. The highest BCUT2D eigenvalue weighted by molar-refractivity contribution is 7.47. The van der Waals surface area contributed by atoms with Gasteiger partial charge in [0.25, 0.3) is 0 Å². The second-order valence-corrected chi connectivity index (χ2v) is 19.8. The van der Waals surface area contributed by atoms with Crippen LogP contribution in [0.1, 0.15) is 232 Å². The predicted octanol–water partition coefficient (Wildman–Crippen LogP) is 11.2. The van der Waals surface area contributed by atoms with Gasteiger partial charge in [-0.1, -0.05) is 205 Å². The molecule has 1 saturated carbocycles. The fraction of sp³-hybridized carbons (Fsp3) is 0.882. The van der Waals surface area contributed by atoms with Gasteiger partial charge in [0.1, 0.15) is 43.2 Å². The molecule has 0 aromatic carbocycles. The summed E-state index contributed by atoms with van der Waals surface area (Å²) in [6.45, 7) is 3.25. The number of aliphatic hydroxyl groups is 5. The Kier molecular flexibility index (Phi) is 39.0. The minimum Gasteiger partial charge on any atom is -0.462 e. The number of aliphatic hydroxyl groups excluding tert-OH is 5. The Morgan fingerprint density at radius 1 is 0.477 bits per heavy atom. The number of hydrogen-bond donors (Lipinski definition) is 6. The van der Waals surface area contributed by atoms with Crippen LogP contribution in [-0.2, 0) is 32.7 Å². The number of ether oxygens (including phenoxy) is 2. The monoisotopic (exact) mass is 947 g/mol. The van der Waals surface area contributed by atoms with E-state index in [-0.39, 0.29) is 12.8 Å². The van der Waals surface area contributed by atoms with Gasteiger partial charge in [-0.15, -0.1) is 0 Å². The van der Waals surface area contributed by atoms with E-state index in [2.05, 4.69) is 38.2 Å². The van der Waals surface area contributed by atoms with E-state index in [1.807, 2.05) is 0 Å². The zero-order valence-corrected chi connectivity index (χ0v) is 41.7. The van der Waals surface area contributed by atoms with Crippen LogP contribution in [-0.4, -0.2) is 98.3 Å². The molecule has 1 fully saturated rings. The second kappa shape index (κ2) is 41.3. The van der Waals surface area contributed by atoms with Crippen molar-refractivity contribution in [2.45, 2.75) is 275 Å². The lowest BCUT2D eigenvalue weighted by atomic mass is 9.85. The predicted molar refractivity (Wildman–Crippen MR) is 258 cm³/mol. The normalized spacial score (nSPS) is 21.5. The molecule has 6 atom stereocenters. The molecule has 382 valence electrons. The highest BCUT2D eigenvalue weighted by atomic mass is 31.2. The van der Waals surface area contributed by atoms with Gasteiger partial charge in [-0.05, 0) is 38.5 Å². The first kappa shape index (κ1) is 61.3. The largest absolute Gasteiger partial charge is 0.472 e. The average Bonchev–Trinajstić information content (AvgIpc) is 3.29. The Bertz CT molecular complexity index is 1230. The van der Waals surface area contributed by atoms with Gasteiger partial charge in [0.2, 0.25) is 0 Å². The van der Waals surface area contributed by atoms with Crippen molar-refractivity contribution in [2.75, 3.05) is 13.2 Å². The average molecular weight is 947 g/mol. The quantitative estimate of drug-likeness (QED) is 0.0146. The topological polar surface area (TPSA) is 210 Å². The van der Waals surface area contributed by atoms with Crippen LogP contribution < -0.4 is 0 Å². The van der Waals surface area contributed by atoms with E-state index in [4.69, 9.17) is 18.5 Å². The van der Waals surface area contributed by atoms with Crippen molar-refractivity contribution in [2.24, 2.45) is 0 Å². The lowest BCUT2D eigenvalue weighted by Gasteiger charge is -2.41. The Balaban J connectivity index is 2.33. The van der Waals surface area contributed by atoms with E-state index in [0.717, 1.165) is 70.6 Å². The number of esters is 2. The van der Waals surface area contributed by atoms with Gasteiger partial charge in [-0.3, -0.25) is 18.6 Å². The van der Waals surface area contributed by atoms with Crippen molar-refractivity contribution in [1.29, 1.82) is 0 Å². The zero-order chi connectivity index (χ0) is 47.8. The highest BCUT2D eigenvalue weighted by Crippen LogP contribution is 2.47. The summed E-state index contributed by atoms with van der Waals surface area (Å²) in [7, 11) is -5.12. The summed E-state index contributed by atoms with van der Waals surface area (Å²) in [6.07, 6.45) is 33.8. The van der Waals surface area contributed by atoms with E-state index in [0.29, 0.717) is 12.8 Å². The molecule has 65 heavy (non-hydrogen) atoms. The number of hydrogen-bond acceptors (Lipinski definition) is 12. The number of rotatable bonds is 44. The van der Waals surface area contributed by atoms with Gasteiger partial charge >= 0.3 is 19.8 Å². The molecule has 0 aliphatic heterocycles. The number of phosphoric ester groups is 1. The van der Waals surface area contributed by atoms with Crippen LogP contribution in [0.5, 0.6) is 0 Å².